The van der Waals surface area contributed by atoms with Gasteiger partial charge in [-0.2, -0.15) is 0 Å². The van der Waals surface area contributed by atoms with Crippen molar-refractivity contribution in [2.24, 2.45) is 12.0 Å². The summed E-state index contributed by atoms with van der Waals surface area (Å²) in [5.74, 6) is 2.59. The standard InChI is InChI=1S/C19H30ClN7OS/c1-15-23-24-18(26(15)3)13-22-19(25(2)14-16-5-6-17(20)29-16)21-7-4-8-27-9-11-28-12-10-27/h5-6H,4,7-14H2,1-3H3,(H,21,22). The van der Waals surface area contributed by atoms with Gasteiger partial charge in [-0.1, -0.05) is 11.6 Å². The molecule has 1 aliphatic rings. The van der Waals surface area contributed by atoms with E-state index >= 15 is 0 Å². The Kier molecular flexibility index (Phi) is 8.29. The van der Waals surface area contributed by atoms with E-state index in [0.717, 1.165) is 74.3 Å². The molecule has 2 aromatic rings. The minimum absolute atomic E-state index is 0.485. The Morgan fingerprint density at radius 2 is 2.14 bits per heavy atom. The number of guanidine groups is 1. The van der Waals surface area contributed by atoms with Crippen molar-refractivity contribution in [1.29, 1.82) is 0 Å². The molecule has 10 heteroatoms. The largest absolute Gasteiger partial charge is 0.379 e. The second-order valence-electron chi connectivity index (χ2n) is 7.16. The first-order valence-electron chi connectivity index (χ1n) is 9.91. The predicted molar refractivity (Wildman–Crippen MR) is 118 cm³/mol. The van der Waals surface area contributed by atoms with E-state index in [1.54, 1.807) is 11.3 Å². The molecule has 29 heavy (non-hydrogen) atoms. The second kappa shape index (κ2) is 10.9. The van der Waals surface area contributed by atoms with Crippen LogP contribution < -0.4 is 5.32 Å². The van der Waals surface area contributed by atoms with Gasteiger partial charge in [0.05, 0.1) is 24.1 Å². The van der Waals surface area contributed by atoms with Crippen LogP contribution in [0.15, 0.2) is 17.1 Å². The number of hydrogen-bond acceptors (Lipinski definition) is 6. The summed E-state index contributed by atoms with van der Waals surface area (Å²) in [7, 11) is 4.01. The van der Waals surface area contributed by atoms with Gasteiger partial charge in [-0.3, -0.25) is 4.90 Å². The van der Waals surface area contributed by atoms with Gasteiger partial charge in [0.15, 0.2) is 11.8 Å². The number of aliphatic imine (C=N–C) groups is 1. The third-order valence-electron chi connectivity index (χ3n) is 4.97. The van der Waals surface area contributed by atoms with Gasteiger partial charge in [0, 0.05) is 38.6 Å². The summed E-state index contributed by atoms with van der Waals surface area (Å²) in [5, 5.41) is 11.8. The first kappa shape index (κ1) is 22.0. The molecule has 0 radical (unpaired) electrons. The predicted octanol–water partition coefficient (Wildman–Crippen LogP) is 2.14. The van der Waals surface area contributed by atoms with Crippen LogP contribution in [0.4, 0.5) is 0 Å². The van der Waals surface area contributed by atoms with Crippen molar-refractivity contribution in [3.63, 3.8) is 0 Å². The Hall–Kier alpha value is -1.68. The van der Waals surface area contributed by atoms with Crippen molar-refractivity contribution in [2.45, 2.75) is 26.4 Å². The van der Waals surface area contributed by atoms with Gasteiger partial charge >= 0.3 is 0 Å². The topological polar surface area (TPSA) is 70.8 Å². The van der Waals surface area contributed by atoms with Gasteiger partial charge < -0.3 is 19.5 Å². The monoisotopic (exact) mass is 439 g/mol. The number of hydrogen-bond donors (Lipinski definition) is 1. The van der Waals surface area contributed by atoms with Crippen LogP contribution in [0.5, 0.6) is 0 Å². The maximum atomic E-state index is 6.08. The lowest BCUT2D eigenvalue weighted by Crippen LogP contribution is -2.41. The third-order valence-corrected chi connectivity index (χ3v) is 6.19. The minimum atomic E-state index is 0.485. The van der Waals surface area contributed by atoms with Crippen molar-refractivity contribution >= 4 is 28.9 Å². The van der Waals surface area contributed by atoms with E-state index in [4.69, 9.17) is 21.3 Å². The van der Waals surface area contributed by atoms with Crippen LogP contribution in [0.2, 0.25) is 4.34 Å². The van der Waals surface area contributed by atoms with E-state index in [1.807, 2.05) is 31.7 Å². The number of nitrogens with one attached hydrogen (secondary N) is 1. The summed E-state index contributed by atoms with van der Waals surface area (Å²) in [5.41, 5.74) is 0. The van der Waals surface area contributed by atoms with E-state index < -0.39 is 0 Å². The van der Waals surface area contributed by atoms with E-state index in [9.17, 15) is 0 Å². The van der Waals surface area contributed by atoms with Gasteiger partial charge in [-0.15, -0.1) is 21.5 Å². The van der Waals surface area contributed by atoms with E-state index in [2.05, 4.69) is 31.4 Å². The molecule has 8 nitrogen and oxygen atoms in total. The Balaban J connectivity index is 1.58. The van der Waals surface area contributed by atoms with Crippen LogP contribution in [0.25, 0.3) is 0 Å². The van der Waals surface area contributed by atoms with E-state index in [-0.39, 0.29) is 0 Å². The summed E-state index contributed by atoms with van der Waals surface area (Å²) < 4.78 is 8.19. The highest BCUT2D eigenvalue weighted by atomic mass is 35.5. The van der Waals surface area contributed by atoms with Gasteiger partial charge in [0.2, 0.25) is 0 Å². The van der Waals surface area contributed by atoms with Crippen LogP contribution in [0, 0.1) is 6.92 Å². The van der Waals surface area contributed by atoms with Crippen molar-refractivity contribution in [2.75, 3.05) is 46.4 Å². The zero-order valence-corrected chi connectivity index (χ0v) is 19.0. The highest BCUT2D eigenvalue weighted by Crippen LogP contribution is 2.22. The lowest BCUT2D eigenvalue weighted by atomic mass is 10.3. The number of aromatic nitrogens is 3. The summed E-state index contributed by atoms with van der Waals surface area (Å²) in [6, 6.07) is 4.00. The lowest BCUT2D eigenvalue weighted by molar-refractivity contribution is 0.0375. The summed E-state index contributed by atoms with van der Waals surface area (Å²) in [6.45, 7) is 8.82. The molecule has 0 aliphatic carbocycles. The Labute approximate surface area is 181 Å². The van der Waals surface area contributed by atoms with Crippen LogP contribution >= 0.6 is 22.9 Å². The number of morpholine rings is 1. The number of ether oxygens (including phenoxy) is 1. The number of rotatable bonds is 8. The van der Waals surface area contributed by atoms with Crippen LogP contribution in [0.3, 0.4) is 0 Å². The first-order valence-corrected chi connectivity index (χ1v) is 11.1. The molecule has 2 aromatic heterocycles. The molecule has 160 valence electrons. The fourth-order valence-corrected chi connectivity index (χ4v) is 4.26. The SMILES string of the molecule is Cc1nnc(CN=C(NCCCN2CCOCC2)N(C)Cc2ccc(Cl)s2)n1C. The molecule has 0 bridgehead atoms. The summed E-state index contributed by atoms with van der Waals surface area (Å²) >= 11 is 7.68. The molecule has 0 unspecified atom stereocenters. The van der Waals surface area contributed by atoms with Gasteiger partial charge in [-0.05, 0) is 32.0 Å². The molecule has 0 atom stereocenters. The minimum Gasteiger partial charge on any atom is -0.379 e. The van der Waals surface area contributed by atoms with Crippen molar-refractivity contribution < 1.29 is 4.74 Å². The van der Waals surface area contributed by atoms with E-state index in [0.29, 0.717) is 6.54 Å². The number of thiophene rings is 1. The lowest BCUT2D eigenvalue weighted by Gasteiger charge is -2.27. The maximum Gasteiger partial charge on any atom is 0.194 e. The summed E-state index contributed by atoms with van der Waals surface area (Å²) in [4.78, 5) is 10.6. The average Bonchev–Trinajstić information content (AvgIpc) is 3.27. The smallest absolute Gasteiger partial charge is 0.194 e. The molecule has 0 saturated carbocycles. The quantitative estimate of drug-likeness (QED) is 0.386. The normalized spacial score (nSPS) is 15.7. The molecule has 1 N–H and O–H groups in total. The molecule has 1 saturated heterocycles. The molecular weight excluding hydrogens is 410 g/mol. The highest BCUT2D eigenvalue weighted by Gasteiger charge is 2.12. The second-order valence-corrected chi connectivity index (χ2v) is 8.96. The van der Waals surface area contributed by atoms with Gasteiger partial charge in [0.1, 0.15) is 12.4 Å². The Bertz CT molecular complexity index is 800. The highest BCUT2D eigenvalue weighted by molar-refractivity contribution is 7.16. The van der Waals surface area contributed by atoms with Gasteiger partial charge in [0.25, 0.3) is 0 Å². The molecule has 3 rings (SSSR count). The summed E-state index contributed by atoms with van der Waals surface area (Å²) in [6.07, 6.45) is 1.06. The first-order chi connectivity index (χ1) is 14.0. The molecule has 0 amide bonds. The fraction of sp³-hybridized carbons (Fsp3) is 0.632. The molecule has 1 aliphatic heterocycles. The van der Waals surface area contributed by atoms with E-state index in [1.165, 1.54) is 4.88 Å². The molecular formula is C19H30ClN7OS. The fourth-order valence-electron chi connectivity index (χ4n) is 3.12. The zero-order chi connectivity index (χ0) is 20.6. The Morgan fingerprint density at radius 3 is 2.79 bits per heavy atom. The molecule has 0 aromatic carbocycles. The van der Waals surface area contributed by atoms with Crippen LogP contribution in [0.1, 0.15) is 22.9 Å². The number of aryl methyl sites for hydroxylation is 1. The zero-order valence-electron chi connectivity index (χ0n) is 17.4. The van der Waals surface area contributed by atoms with Crippen LogP contribution in [-0.2, 0) is 24.9 Å². The van der Waals surface area contributed by atoms with Crippen LogP contribution in [-0.4, -0.2) is 77.0 Å². The average molecular weight is 440 g/mol. The molecule has 0 spiro atoms. The third kappa shape index (κ3) is 6.67. The van der Waals surface area contributed by atoms with Crippen molar-refractivity contribution in [3.8, 4) is 0 Å². The van der Waals surface area contributed by atoms with Crippen molar-refractivity contribution in [3.05, 3.63) is 33.0 Å². The van der Waals surface area contributed by atoms with Gasteiger partial charge in [-0.25, -0.2) is 4.99 Å². The molecule has 1 fully saturated rings. The number of halogens is 1. The number of nitrogens with zero attached hydrogens (tertiary/aromatic N) is 6. The molecule has 3 heterocycles. The van der Waals surface area contributed by atoms with Crippen molar-refractivity contribution in [1.82, 2.24) is 29.9 Å². The Morgan fingerprint density at radius 1 is 1.34 bits per heavy atom. The maximum absolute atomic E-state index is 6.08.